The minimum Gasteiger partial charge on any atom is -0.475 e. The first-order valence-electron chi connectivity index (χ1n) is 6.28. The molecule has 0 unspecified atom stereocenters. The predicted molar refractivity (Wildman–Crippen MR) is 69.8 cm³/mol. The number of hydrogen-bond acceptors (Lipinski definition) is 4. The summed E-state index contributed by atoms with van der Waals surface area (Å²) in [6.07, 6.45) is 0.388. The van der Waals surface area contributed by atoms with Crippen LogP contribution >= 0.6 is 0 Å². The summed E-state index contributed by atoms with van der Waals surface area (Å²) in [5, 5.41) is 14.5. The average molecular weight is 268 g/mol. The molecule has 0 aliphatic heterocycles. The maximum atomic E-state index is 11.4. The van der Waals surface area contributed by atoms with E-state index in [0.717, 1.165) is 0 Å². The fourth-order valence-corrected chi connectivity index (χ4v) is 1.41. The maximum Gasteiger partial charge on any atom is 0.371 e. The largest absolute Gasteiger partial charge is 0.475 e. The van der Waals surface area contributed by atoms with E-state index >= 15 is 0 Å². The van der Waals surface area contributed by atoms with Crippen LogP contribution in [0.15, 0.2) is 16.5 Å². The van der Waals surface area contributed by atoms with Gasteiger partial charge in [-0.1, -0.05) is 13.8 Å². The molecule has 0 spiro atoms. The van der Waals surface area contributed by atoms with Crippen molar-refractivity contribution in [3.05, 3.63) is 23.7 Å². The second-order valence-corrected chi connectivity index (χ2v) is 4.70. The molecule has 1 aromatic heterocycles. The molecular weight excluding hydrogens is 248 g/mol. The van der Waals surface area contributed by atoms with Crippen LogP contribution in [0.4, 0.5) is 0 Å². The highest BCUT2D eigenvalue weighted by molar-refractivity contribution is 5.84. The number of carbonyl (C=O) groups is 2. The highest BCUT2D eigenvalue weighted by Gasteiger charge is 2.08. The zero-order valence-electron chi connectivity index (χ0n) is 11.2. The Morgan fingerprint density at radius 2 is 2.11 bits per heavy atom. The molecule has 0 atom stereocenters. The van der Waals surface area contributed by atoms with Crippen LogP contribution < -0.4 is 10.6 Å². The van der Waals surface area contributed by atoms with Crippen molar-refractivity contribution in [2.45, 2.75) is 26.8 Å². The number of nitrogens with one attached hydrogen (secondary N) is 2. The van der Waals surface area contributed by atoms with Crippen molar-refractivity contribution in [3.8, 4) is 0 Å². The molecule has 1 heterocycles. The third kappa shape index (κ3) is 6.05. The van der Waals surface area contributed by atoms with Gasteiger partial charge in [0, 0.05) is 19.5 Å². The van der Waals surface area contributed by atoms with Gasteiger partial charge in [-0.3, -0.25) is 4.79 Å². The van der Waals surface area contributed by atoms with Crippen LogP contribution in [-0.4, -0.2) is 30.1 Å². The SMILES string of the molecule is CC(C)CNC(=O)CCNCc1ccc(C(=O)O)o1. The molecule has 0 fully saturated rings. The normalized spacial score (nSPS) is 10.7. The van der Waals surface area contributed by atoms with Crippen LogP contribution in [0.2, 0.25) is 0 Å². The van der Waals surface area contributed by atoms with E-state index in [-0.39, 0.29) is 11.7 Å². The number of amides is 1. The van der Waals surface area contributed by atoms with Crippen LogP contribution in [0.25, 0.3) is 0 Å². The Morgan fingerprint density at radius 1 is 1.37 bits per heavy atom. The molecule has 0 bridgehead atoms. The van der Waals surface area contributed by atoms with Gasteiger partial charge in [0.2, 0.25) is 11.7 Å². The van der Waals surface area contributed by atoms with E-state index in [4.69, 9.17) is 9.52 Å². The minimum atomic E-state index is -1.08. The Morgan fingerprint density at radius 3 is 2.68 bits per heavy atom. The van der Waals surface area contributed by atoms with Crippen LogP contribution in [0.1, 0.15) is 36.6 Å². The molecule has 0 aliphatic rings. The molecule has 19 heavy (non-hydrogen) atoms. The number of carboxylic acid groups (broad SMARTS) is 1. The second-order valence-electron chi connectivity index (χ2n) is 4.70. The summed E-state index contributed by atoms with van der Waals surface area (Å²) in [5.41, 5.74) is 0. The van der Waals surface area contributed by atoms with Crippen molar-refractivity contribution in [2.75, 3.05) is 13.1 Å². The minimum absolute atomic E-state index is 0.00636. The lowest BCUT2D eigenvalue weighted by Gasteiger charge is -2.07. The van der Waals surface area contributed by atoms with E-state index in [1.54, 1.807) is 6.07 Å². The summed E-state index contributed by atoms with van der Waals surface area (Å²) in [5.74, 6) is -0.174. The Kier molecular flexibility index (Phi) is 6.08. The molecule has 0 radical (unpaired) electrons. The lowest BCUT2D eigenvalue weighted by Crippen LogP contribution is -2.30. The first-order chi connectivity index (χ1) is 8.99. The van der Waals surface area contributed by atoms with Crippen molar-refractivity contribution < 1.29 is 19.1 Å². The van der Waals surface area contributed by atoms with Gasteiger partial charge in [0.05, 0.1) is 6.54 Å². The van der Waals surface area contributed by atoms with Crippen LogP contribution in [0, 0.1) is 5.92 Å². The smallest absolute Gasteiger partial charge is 0.371 e. The zero-order valence-corrected chi connectivity index (χ0v) is 11.2. The number of aromatic carboxylic acids is 1. The average Bonchev–Trinajstić information content (AvgIpc) is 2.81. The Labute approximate surface area is 112 Å². The van der Waals surface area contributed by atoms with Gasteiger partial charge < -0.3 is 20.2 Å². The summed E-state index contributed by atoms with van der Waals surface area (Å²) in [6.45, 7) is 5.68. The van der Waals surface area contributed by atoms with Gasteiger partial charge in [0.25, 0.3) is 0 Å². The Hall–Kier alpha value is -1.82. The lowest BCUT2D eigenvalue weighted by molar-refractivity contribution is -0.121. The maximum absolute atomic E-state index is 11.4. The third-order valence-electron chi connectivity index (χ3n) is 2.41. The topological polar surface area (TPSA) is 91.6 Å². The van der Waals surface area contributed by atoms with Gasteiger partial charge in [0.1, 0.15) is 5.76 Å². The van der Waals surface area contributed by atoms with Gasteiger partial charge in [-0.25, -0.2) is 4.79 Å². The first-order valence-corrected chi connectivity index (χ1v) is 6.28. The van der Waals surface area contributed by atoms with E-state index in [2.05, 4.69) is 10.6 Å². The molecule has 6 heteroatoms. The standard InChI is InChI=1S/C13H20N2O4/c1-9(2)7-15-12(16)5-6-14-8-10-3-4-11(19-10)13(17)18/h3-4,9,14H,5-8H2,1-2H3,(H,15,16)(H,17,18). The van der Waals surface area contributed by atoms with E-state index < -0.39 is 5.97 Å². The summed E-state index contributed by atoms with van der Waals surface area (Å²) in [4.78, 5) is 22.0. The van der Waals surface area contributed by atoms with E-state index in [9.17, 15) is 9.59 Å². The lowest BCUT2D eigenvalue weighted by atomic mass is 10.2. The second kappa shape index (κ2) is 7.58. The molecular formula is C13H20N2O4. The van der Waals surface area contributed by atoms with E-state index in [0.29, 0.717) is 37.7 Å². The highest BCUT2D eigenvalue weighted by atomic mass is 16.4. The Bertz CT molecular complexity index is 426. The van der Waals surface area contributed by atoms with Gasteiger partial charge in [0.15, 0.2) is 0 Å². The van der Waals surface area contributed by atoms with Crippen molar-refractivity contribution >= 4 is 11.9 Å². The summed E-state index contributed by atoms with van der Waals surface area (Å²) in [6, 6.07) is 3.02. The fraction of sp³-hybridized carbons (Fsp3) is 0.538. The molecule has 6 nitrogen and oxygen atoms in total. The predicted octanol–water partition coefficient (Wildman–Crippen LogP) is 1.23. The fourth-order valence-electron chi connectivity index (χ4n) is 1.41. The monoisotopic (exact) mass is 268 g/mol. The zero-order chi connectivity index (χ0) is 14.3. The molecule has 1 amide bonds. The van der Waals surface area contributed by atoms with Crippen molar-refractivity contribution in [2.24, 2.45) is 5.92 Å². The van der Waals surface area contributed by atoms with Crippen molar-refractivity contribution in [1.29, 1.82) is 0 Å². The quantitative estimate of drug-likeness (QED) is 0.617. The number of carbonyl (C=O) groups excluding carboxylic acids is 1. The third-order valence-corrected chi connectivity index (χ3v) is 2.41. The number of carboxylic acids is 1. The molecule has 1 rings (SSSR count). The van der Waals surface area contributed by atoms with Gasteiger partial charge in [-0.2, -0.15) is 0 Å². The Balaban J connectivity index is 2.16. The number of rotatable bonds is 8. The number of hydrogen-bond donors (Lipinski definition) is 3. The van der Waals surface area contributed by atoms with Crippen LogP contribution in [0.5, 0.6) is 0 Å². The molecule has 106 valence electrons. The molecule has 1 aromatic rings. The van der Waals surface area contributed by atoms with E-state index in [1.807, 2.05) is 13.8 Å². The molecule has 0 saturated heterocycles. The van der Waals surface area contributed by atoms with Gasteiger partial charge >= 0.3 is 5.97 Å². The molecule has 3 N–H and O–H groups in total. The summed E-state index contributed by atoms with van der Waals surface area (Å²) in [7, 11) is 0. The first kappa shape index (κ1) is 15.2. The van der Waals surface area contributed by atoms with Crippen LogP contribution in [-0.2, 0) is 11.3 Å². The molecule has 0 aromatic carbocycles. The molecule has 0 saturated carbocycles. The van der Waals surface area contributed by atoms with Gasteiger partial charge in [-0.15, -0.1) is 0 Å². The highest BCUT2D eigenvalue weighted by Crippen LogP contribution is 2.07. The van der Waals surface area contributed by atoms with Crippen LogP contribution in [0.3, 0.4) is 0 Å². The summed E-state index contributed by atoms with van der Waals surface area (Å²) < 4.78 is 5.07. The van der Waals surface area contributed by atoms with Crippen molar-refractivity contribution in [1.82, 2.24) is 10.6 Å². The van der Waals surface area contributed by atoms with Gasteiger partial charge in [-0.05, 0) is 18.1 Å². The van der Waals surface area contributed by atoms with Crippen molar-refractivity contribution in [3.63, 3.8) is 0 Å². The molecule has 0 aliphatic carbocycles. The number of furan rings is 1. The summed E-state index contributed by atoms with van der Waals surface area (Å²) >= 11 is 0. The van der Waals surface area contributed by atoms with E-state index in [1.165, 1.54) is 6.07 Å².